The minimum Gasteiger partial charge on any atom is -0.481 e. The average Bonchev–Trinajstić information content (AvgIpc) is 2.74. The van der Waals surface area contributed by atoms with Crippen molar-refractivity contribution in [3.05, 3.63) is 50.9 Å². The second-order valence-corrected chi connectivity index (χ2v) is 5.56. The molecule has 0 bridgehead atoms. The molecule has 0 saturated carbocycles. The minimum absolute atomic E-state index is 0.152. The molecule has 1 aromatic heterocycles. The zero-order valence-corrected chi connectivity index (χ0v) is 11.2. The number of nitrogens with zero attached hydrogens (tertiary/aromatic N) is 1. The van der Waals surface area contributed by atoms with E-state index in [1.807, 2.05) is 24.3 Å². The monoisotopic (exact) mass is 281 g/mol. The number of aromatic nitrogens is 1. The summed E-state index contributed by atoms with van der Waals surface area (Å²) in [6, 6.07) is 7.67. The number of carbonyl (C=O) groups is 1. The molecular weight excluding hydrogens is 270 g/mol. The molecule has 0 spiro atoms. The van der Waals surface area contributed by atoms with E-state index < -0.39 is 5.97 Å². The lowest BCUT2D eigenvalue weighted by Gasteiger charge is -1.98. The normalized spacial score (nSPS) is 10.5. The highest BCUT2D eigenvalue weighted by atomic mass is 35.5. The van der Waals surface area contributed by atoms with E-state index in [-0.39, 0.29) is 6.42 Å². The quantitative estimate of drug-likeness (QED) is 0.914. The van der Waals surface area contributed by atoms with Crippen LogP contribution in [0.4, 0.5) is 0 Å². The zero-order chi connectivity index (χ0) is 13.0. The fraction of sp³-hybridized carbons (Fsp3) is 0.231. The Balaban J connectivity index is 2.00. The highest BCUT2D eigenvalue weighted by Gasteiger charge is 2.05. The molecule has 1 N–H and O–H groups in total. The second kappa shape index (κ2) is 5.98. The number of hydrogen-bond donors (Lipinski definition) is 1. The van der Waals surface area contributed by atoms with Gasteiger partial charge in [0.25, 0.3) is 0 Å². The zero-order valence-electron chi connectivity index (χ0n) is 9.60. The van der Waals surface area contributed by atoms with Crippen LogP contribution in [0.2, 0.25) is 5.02 Å². The minimum atomic E-state index is -0.778. The number of thiazole rings is 1. The summed E-state index contributed by atoms with van der Waals surface area (Å²) in [5.41, 5.74) is 1.11. The van der Waals surface area contributed by atoms with Crippen LogP contribution in [-0.4, -0.2) is 16.1 Å². The van der Waals surface area contributed by atoms with Crippen molar-refractivity contribution in [1.29, 1.82) is 0 Å². The summed E-state index contributed by atoms with van der Waals surface area (Å²) in [6.45, 7) is 0. The maximum Gasteiger partial charge on any atom is 0.303 e. The Bertz CT molecular complexity index is 553. The van der Waals surface area contributed by atoms with E-state index in [1.165, 1.54) is 0 Å². The Hall–Kier alpha value is -1.39. The Morgan fingerprint density at radius 1 is 1.44 bits per heavy atom. The standard InChI is InChI=1S/C13H12ClNO2S/c14-10-3-1-2-9(6-10)7-12-15-8-11(18-12)4-5-13(16)17/h1-3,6,8H,4-5,7H2,(H,16,17). The summed E-state index contributed by atoms with van der Waals surface area (Å²) in [5, 5.41) is 10.3. The van der Waals surface area contributed by atoms with Crippen LogP contribution in [0, 0.1) is 0 Å². The van der Waals surface area contributed by atoms with Gasteiger partial charge in [-0.1, -0.05) is 23.7 Å². The summed E-state index contributed by atoms with van der Waals surface area (Å²) >= 11 is 7.48. The van der Waals surface area contributed by atoms with Crippen LogP contribution in [0.5, 0.6) is 0 Å². The number of rotatable bonds is 5. The molecule has 18 heavy (non-hydrogen) atoms. The van der Waals surface area contributed by atoms with Crippen molar-refractivity contribution in [3.8, 4) is 0 Å². The molecule has 2 aromatic rings. The maximum absolute atomic E-state index is 10.5. The lowest BCUT2D eigenvalue weighted by atomic mass is 10.2. The van der Waals surface area contributed by atoms with Crippen molar-refractivity contribution in [2.75, 3.05) is 0 Å². The van der Waals surface area contributed by atoms with E-state index in [0.717, 1.165) is 26.9 Å². The van der Waals surface area contributed by atoms with Crippen molar-refractivity contribution >= 4 is 28.9 Å². The molecule has 0 radical (unpaired) electrons. The van der Waals surface area contributed by atoms with Gasteiger partial charge in [-0.25, -0.2) is 4.98 Å². The molecule has 0 unspecified atom stereocenters. The number of carboxylic acid groups (broad SMARTS) is 1. The van der Waals surface area contributed by atoms with Gasteiger partial charge in [0.05, 0.1) is 11.4 Å². The van der Waals surface area contributed by atoms with Crippen LogP contribution in [-0.2, 0) is 17.6 Å². The van der Waals surface area contributed by atoms with E-state index in [1.54, 1.807) is 17.5 Å². The lowest BCUT2D eigenvalue weighted by Crippen LogP contribution is -1.95. The first-order chi connectivity index (χ1) is 8.63. The van der Waals surface area contributed by atoms with Crippen LogP contribution >= 0.6 is 22.9 Å². The van der Waals surface area contributed by atoms with Crippen LogP contribution in [0.3, 0.4) is 0 Å². The molecular formula is C13H12ClNO2S. The molecule has 0 aliphatic carbocycles. The summed E-state index contributed by atoms with van der Waals surface area (Å²) < 4.78 is 0. The molecule has 1 heterocycles. The van der Waals surface area contributed by atoms with Crippen LogP contribution in [0.25, 0.3) is 0 Å². The predicted molar refractivity (Wildman–Crippen MR) is 72.3 cm³/mol. The number of halogens is 1. The van der Waals surface area contributed by atoms with E-state index in [9.17, 15) is 4.79 Å². The highest BCUT2D eigenvalue weighted by molar-refractivity contribution is 7.11. The first kappa shape index (κ1) is 13.1. The van der Waals surface area contributed by atoms with Crippen molar-refractivity contribution < 1.29 is 9.90 Å². The van der Waals surface area contributed by atoms with Crippen LogP contribution < -0.4 is 0 Å². The van der Waals surface area contributed by atoms with E-state index in [0.29, 0.717) is 6.42 Å². The Morgan fingerprint density at radius 2 is 2.28 bits per heavy atom. The molecule has 0 amide bonds. The number of aryl methyl sites for hydroxylation is 1. The molecule has 0 fully saturated rings. The summed E-state index contributed by atoms with van der Waals surface area (Å²) in [4.78, 5) is 15.8. The Kier molecular flexibility index (Phi) is 4.33. The number of aliphatic carboxylic acids is 1. The molecule has 5 heteroatoms. The maximum atomic E-state index is 10.5. The van der Waals surface area contributed by atoms with Gasteiger partial charge in [0, 0.05) is 22.5 Å². The van der Waals surface area contributed by atoms with Gasteiger partial charge in [0.2, 0.25) is 0 Å². The van der Waals surface area contributed by atoms with Crippen LogP contribution in [0.15, 0.2) is 30.5 Å². The first-order valence-electron chi connectivity index (χ1n) is 5.53. The molecule has 2 rings (SSSR count). The molecule has 94 valence electrons. The van der Waals surface area contributed by atoms with Gasteiger partial charge in [-0.05, 0) is 24.1 Å². The van der Waals surface area contributed by atoms with Crippen molar-refractivity contribution in [3.63, 3.8) is 0 Å². The summed E-state index contributed by atoms with van der Waals surface area (Å²) in [5.74, 6) is -0.778. The summed E-state index contributed by atoms with van der Waals surface area (Å²) in [6.07, 6.45) is 3.19. The van der Waals surface area contributed by atoms with Gasteiger partial charge < -0.3 is 5.11 Å². The Morgan fingerprint density at radius 3 is 3.00 bits per heavy atom. The highest BCUT2D eigenvalue weighted by Crippen LogP contribution is 2.19. The topological polar surface area (TPSA) is 50.2 Å². The third kappa shape index (κ3) is 3.82. The number of hydrogen-bond acceptors (Lipinski definition) is 3. The fourth-order valence-corrected chi connectivity index (χ4v) is 2.77. The third-order valence-electron chi connectivity index (χ3n) is 2.43. The molecule has 1 aromatic carbocycles. The van der Waals surface area contributed by atoms with E-state index in [2.05, 4.69) is 4.98 Å². The Labute approximate surface area is 114 Å². The lowest BCUT2D eigenvalue weighted by molar-refractivity contribution is -0.136. The largest absolute Gasteiger partial charge is 0.481 e. The molecule has 0 saturated heterocycles. The van der Waals surface area contributed by atoms with Gasteiger partial charge in [-0.15, -0.1) is 11.3 Å². The van der Waals surface area contributed by atoms with Gasteiger partial charge in [-0.3, -0.25) is 4.79 Å². The molecule has 0 atom stereocenters. The second-order valence-electron chi connectivity index (χ2n) is 3.92. The van der Waals surface area contributed by atoms with E-state index >= 15 is 0 Å². The van der Waals surface area contributed by atoms with Gasteiger partial charge in [0.15, 0.2) is 0 Å². The third-order valence-corrected chi connectivity index (χ3v) is 3.72. The predicted octanol–water partition coefficient (Wildman–Crippen LogP) is 3.40. The number of benzene rings is 1. The van der Waals surface area contributed by atoms with Gasteiger partial charge in [-0.2, -0.15) is 0 Å². The molecule has 0 aliphatic rings. The van der Waals surface area contributed by atoms with Crippen LogP contribution in [0.1, 0.15) is 21.9 Å². The first-order valence-corrected chi connectivity index (χ1v) is 6.73. The van der Waals surface area contributed by atoms with Crippen molar-refractivity contribution in [1.82, 2.24) is 4.98 Å². The SMILES string of the molecule is O=C(O)CCc1cnc(Cc2cccc(Cl)c2)s1. The molecule has 0 aliphatic heterocycles. The average molecular weight is 282 g/mol. The smallest absolute Gasteiger partial charge is 0.303 e. The fourth-order valence-electron chi connectivity index (χ4n) is 1.60. The summed E-state index contributed by atoms with van der Waals surface area (Å²) in [7, 11) is 0. The van der Waals surface area contributed by atoms with Gasteiger partial charge in [0.1, 0.15) is 0 Å². The van der Waals surface area contributed by atoms with Crippen molar-refractivity contribution in [2.45, 2.75) is 19.3 Å². The molecule has 3 nitrogen and oxygen atoms in total. The number of carboxylic acids is 1. The van der Waals surface area contributed by atoms with Crippen molar-refractivity contribution in [2.24, 2.45) is 0 Å². The van der Waals surface area contributed by atoms with E-state index in [4.69, 9.17) is 16.7 Å². The van der Waals surface area contributed by atoms with Gasteiger partial charge >= 0.3 is 5.97 Å².